The third-order valence-electron chi connectivity index (χ3n) is 4.85. The molecule has 2 aromatic rings. The van der Waals surface area contributed by atoms with E-state index in [1.165, 1.54) is 0 Å². The van der Waals surface area contributed by atoms with Crippen LogP contribution in [0, 0.1) is 0 Å². The number of nitrogens with zero attached hydrogens (tertiary/aromatic N) is 2. The number of nitrogens with one attached hydrogen (secondary N) is 1. The Bertz CT molecular complexity index is 823. The summed E-state index contributed by atoms with van der Waals surface area (Å²) >= 11 is 12.2. The summed E-state index contributed by atoms with van der Waals surface area (Å²) in [5.74, 6) is 0.313. The van der Waals surface area contributed by atoms with Gasteiger partial charge >= 0.3 is 0 Å². The van der Waals surface area contributed by atoms with E-state index in [2.05, 4.69) is 22.0 Å². The van der Waals surface area contributed by atoms with E-state index in [-0.39, 0.29) is 5.91 Å². The molecular formula is C21H25Cl2N3O2. The minimum absolute atomic E-state index is 0.240. The molecule has 1 saturated heterocycles. The highest BCUT2D eigenvalue weighted by Crippen LogP contribution is 2.30. The first-order valence-electron chi connectivity index (χ1n) is 9.46. The molecule has 0 aliphatic carbocycles. The van der Waals surface area contributed by atoms with Crippen molar-refractivity contribution in [3.8, 4) is 5.75 Å². The second kappa shape index (κ2) is 9.50. The molecule has 0 radical (unpaired) electrons. The molecule has 0 saturated carbocycles. The van der Waals surface area contributed by atoms with Crippen molar-refractivity contribution in [1.82, 2.24) is 4.90 Å². The van der Waals surface area contributed by atoms with E-state index in [1.807, 2.05) is 12.1 Å². The lowest BCUT2D eigenvalue weighted by molar-refractivity contribution is -0.122. The minimum atomic E-state index is -0.678. The molecule has 1 amide bonds. The van der Waals surface area contributed by atoms with Gasteiger partial charge in [-0.3, -0.25) is 4.79 Å². The van der Waals surface area contributed by atoms with Crippen molar-refractivity contribution in [3.63, 3.8) is 0 Å². The number of piperazine rings is 1. The zero-order chi connectivity index (χ0) is 20.1. The quantitative estimate of drug-likeness (QED) is 0.743. The van der Waals surface area contributed by atoms with Crippen molar-refractivity contribution in [3.05, 3.63) is 52.5 Å². The average molecular weight is 422 g/mol. The minimum Gasteiger partial charge on any atom is -0.481 e. The Morgan fingerprint density at radius 1 is 1.11 bits per heavy atom. The molecule has 0 bridgehead atoms. The van der Waals surface area contributed by atoms with Gasteiger partial charge in [0.2, 0.25) is 0 Å². The zero-order valence-electron chi connectivity index (χ0n) is 16.1. The molecule has 7 heteroatoms. The largest absolute Gasteiger partial charge is 0.481 e. The summed E-state index contributed by atoms with van der Waals surface area (Å²) in [5.41, 5.74) is 1.67. The molecule has 0 aromatic heterocycles. The molecule has 1 fully saturated rings. The number of rotatable bonds is 6. The molecule has 28 heavy (non-hydrogen) atoms. The van der Waals surface area contributed by atoms with Gasteiger partial charge in [-0.25, -0.2) is 0 Å². The molecule has 1 aliphatic rings. The van der Waals surface area contributed by atoms with E-state index in [4.69, 9.17) is 27.9 Å². The maximum Gasteiger partial charge on any atom is 0.265 e. The topological polar surface area (TPSA) is 44.8 Å². The standard InChI is InChI=1S/C21H25Cl2N3O2/c1-3-25-9-11-26(12-10-25)20-8-7-17(23)14-19(20)24-21(27)15(2)28-18-6-4-5-16(22)13-18/h4-8,13-15H,3,9-12H2,1-2H3,(H,24,27). The van der Waals surface area contributed by atoms with Crippen LogP contribution in [0.2, 0.25) is 10.0 Å². The first-order valence-corrected chi connectivity index (χ1v) is 10.2. The maximum absolute atomic E-state index is 12.7. The summed E-state index contributed by atoms with van der Waals surface area (Å²) in [5, 5.41) is 4.11. The number of amides is 1. The lowest BCUT2D eigenvalue weighted by Gasteiger charge is -2.36. The fourth-order valence-corrected chi connectivity index (χ4v) is 3.57. The fourth-order valence-electron chi connectivity index (χ4n) is 3.22. The van der Waals surface area contributed by atoms with Gasteiger partial charge in [0.1, 0.15) is 5.75 Å². The van der Waals surface area contributed by atoms with Crippen molar-refractivity contribution < 1.29 is 9.53 Å². The SMILES string of the molecule is CCN1CCN(c2ccc(Cl)cc2NC(=O)C(C)Oc2cccc(Cl)c2)CC1. The van der Waals surface area contributed by atoms with Gasteiger partial charge in [-0.05, 0) is 49.9 Å². The van der Waals surface area contributed by atoms with Gasteiger partial charge in [-0.15, -0.1) is 0 Å². The monoisotopic (exact) mass is 421 g/mol. The van der Waals surface area contributed by atoms with E-state index >= 15 is 0 Å². The Morgan fingerprint density at radius 2 is 1.82 bits per heavy atom. The van der Waals surface area contributed by atoms with E-state index in [1.54, 1.807) is 37.3 Å². The average Bonchev–Trinajstić information content (AvgIpc) is 2.68. The van der Waals surface area contributed by atoms with Gasteiger partial charge in [-0.1, -0.05) is 36.2 Å². The van der Waals surface area contributed by atoms with Crippen molar-refractivity contribution in [2.45, 2.75) is 20.0 Å². The van der Waals surface area contributed by atoms with Gasteiger partial charge in [0.25, 0.3) is 5.91 Å². The van der Waals surface area contributed by atoms with Gasteiger partial charge < -0.3 is 19.9 Å². The number of hydrogen-bond donors (Lipinski definition) is 1. The molecule has 1 heterocycles. The highest BCUT2D eigenvalue weighted by atomic mass is 35.5. The van der Waals surface area contributed by atoms with Crippen LogP contribution in [0.25, 0.3) is 0 Å². The normalized spacial score (nSPS) is 15.9. The number of ether oxygens (including phenoxy) is 1. The molecule has 1 N–H and O–H groups in total. The summed E-state index contributed by atoms with van der Waals surface area (Å²) in [4.78, 5) is 17.4. The molecule has 5 nitrogen and oxygen atoms in total. The van der Waals surface area contributed by atoms with Crippen molar-refractivity contribution in [1.29, 1.82) is 0 Å². The number of carbonyl (C=O) groups is 1. The maximum atomic E-state index is 12.7. The molecule has 150 valence electrons. The highest BCUT2D eigenvalue weighted by molar-refractivity contribution is 6.31. The Kier molecular flexibility index (Phi) is 7.05. The van der Waals surface area contributed by atoms with E-state index in [9.17, 15) is 4.79 Å². The van der Waals surface area contributed by atoms with Crippen LogP contribution < -0.4 is 15.0 Å². The van der Waals surface area contributed by atoms with Gasteiger partial charge in [0, 0.05) is 36.2 Å². The molecule has 1 atom stereocenters. The van der Waals surface area contributed by atoms with Crippen LogP contribution in [-0.4, -0.2) is 49.6 Å². The summed E-state index contributed by atoms with van der Waals surface area (Å²) in [6.07, 6.45) is -0.678. The van der Waals surface area contributed by atoms with Gasteiger partial charge in [0.05, 0.1) is 11.4 Å². The molecule has 0 spiro atoms. The number of anilines is 2. The molecular weight excluding hydrogens is 397 g/mol. The van der Waals surface area contributed by atoms with Gasteiger partial charge in [0.15, 0.2) is 6.10 Å². The third-order valence-corrected chi connectivity index (χ3v) is 5.33. The number of benzene rings is 2. The molecule has 2 aromatic carbocycles. The Hall–Kier alpha value is -1.95. The molecule has 3 rings (SSSR count). The number of carbonyl (C=O) groups excluding carboxylic acids is 1. The number of likely N-dealkylation sites (N-methyl/N-ethyl adjacent to an activating group) is 1. The van der Waals surface area contributed by atoms with E-state index in [0.29, 0.717) is 21.5 Å². The summed E-state index contributed by atoms with van der Waals surface area (Å²) in [6.45, 7) is 8.75. The van der Waals surface area contributed by atoms with Crippen molar-refractivity contribution in [2.75, 3.05) is 42.9 Å². The predicted octanol–water partition coefficient (Wildman–Crippen LogP) is 4.54. The second-order valence-corrected chi connectivity index (χ2v) is 7.66. The summed E-state index contributed by atoms with van der Waals surface area (Å²) in [7, 11) is 0. The molecule has 1 unspecified atom stereocenters. The lowest BCUT2D eigenvalue weighted by atomic mass is 10.2. The summed E-state index contributed by atoms with van der Waals surface area (Å²) in [6, 6.07) is 12.6. The van der Waals surface area contributed by atoms with Crippen molar-refractivity contribution >= 4 is 40.5 Å². The van der Waals surface area contributed by atoms with Crippen LogP contribution in [0.5, 0.6) is 5.75 Å². The first kappa shape index (κ1) is 20.8. The number of halogens is 2. The third kappa shape index (κ3) is 5.31. The lowest BCUT2D eigenvalue weighted by Crippen LogP contribution is -2.46. The smallest absolute Gasteiger partial charge is 0.265 e. The van der Waals surface area contributed by atoms with Crippen LogP contribution in [-0.2, 0) is 4.79 Å². The Labute approximate surface area is 176 Å². The molecule has 1 aliphatic heterocycles. The predicted molar refractivity (Wildman–Crippen MR) is 116 cm³/mol. The van der Waals surface area contributed by atoms with E-state index in [0.717, 1.165) is 38.4 Å². The zero-order valence-corrected chi connectivity index (χ0v) is 17.6. The highest BCUT2D eigenvalue weighted by Gasteiger charge is 2.21. The van der Waals surface area contributed by atoms with Crippen molar-refractivity contribution in [2.24, 2.45) is 0 Å². The fraction of sp³-hybridized carbons (Fsp3) is 0.381. The summed E-state index contributed by atoms with van der Waals surface area (Å²) < 4.78 is 5.72. The number of hydrogen-bond acceptors (Lipinski definition) is 4. The van der Waals surface area contributed by atoms with Crippen LogP contribution in [0.4, 0.5) is 11.4 Å². The first-order chi connectivity index (χ1) is 13.5. The second-order valence-electron chi connectivity index (χ2n) is 6.79. The van der Waals surface area contributed by atoms with Crippen LogP contribution >= 0.6 is 23.2 Å². The van der Waals surface area contributed by atoms with Crippen LogP contribution in [0.3, 0.4) is 0 Å². The van der Waals surface area contributed by atoms with Crippen LogP contribution in [0.1, 0.15) is 13.8 Å². The Balaban J connectivity index is 1.70. The van der Waals surface area contributed by atoms with Crippen LogP contribution in [0.15, 0.2) is 42.5 Å². The van der Waals surface area contributed by atoms with Gasteiger partial charge in [-0.2, -0.15) is 0 Å². The Morgan fingerprint density at radius 3 is 2.50 bits per heavy atom. The van der Waals surface area contributed by atoms with E-state index < -0.39 is 6.10 Å².